The lowest BCUT2D eigenvalue weighted by atomic mass is 10.0. The Morgan fingerprint density at radius 3 is 3.09 bits per heavy atom. The first kappa shape index (κ1) is 15.2. The fourth-order valence-corrected chi connectivity index (χ4v) is 3.85. The Morgan fingerprint density at radius 1 is 1.45 bits per heavy atom. The highest BCUT2D eigenvalue weighted by Crippen LogP contribution is 2.33. The molecule has 1 aromatic rings. The molecule has 6 heteroatoms. The van der Waals surface area contributed by atoms with Crippen molar-refractivity contribution in [1.29, 1.82) is 0 Å². The zero-order chi connectivity index (χ0) is 15.4. The highest BCUT2D eigenvalue weighted by atomic mass is 32.2. The van der Waals surface area contributed by atoms with E-state index in [0.717, 1.165) is 29.2 Å². The van der Waals surface area contributed by atoms with Crippen LogP contribution in [0.1, 0.15) is 12.0 Å². The number of ether oxygens (including phenoxy) is 3. The van der Waals surface area contributed by atoms with Crippen molar-refractivity contribution >= 4 is 23.7 Å². The van der Waals surface area contributed by atoms with Crippen LogP contribution < -0.4 is 14.8 Å². The van der Waals surface area contributed by atoms with E-state index in [4.69, 9.17) is 14.2 Å². The van der Waals surface area contributed by atoms with E-state index < -0.39 is 0 Å². The van der Waals surface area contributed by atoms with Gasteiger partial charge in [-0.05, 0) is 35.9 Å². The average molecular weight is 321 g/mol. The number of hydrogen-bond acceptors (Lipinski definition) is 5. The molecule has 0 saturated carbocycles. The summed E-state index contributed by atoms with van der Waals surface area (Å²) in [6.07, 6.45) is 4.27. The number of rotatable bonds is 5. The van der Waals surface area contributed by atoms with Gasteiger partial charge in [0.1, 0.15) is 0 Å². The van der Waals surface area contributed by atoms with Crippen LogP contribution in [-0.4, -0.2) is 43.5 Å². The Bertz CT molecular complexity index is 582. The van der Waals surface area contributed by atoms with Crippen molar-refractivity contribution in [3.05, 3.63) is 29.8 Å². The van der Waals surface area contributed by atoms with Crippen LogP contribution in [0.15, 0.2) is 24.3 Å². The van der Waals surface area contributed by atoms with Crippen molar-refractivity contribution in [3.8, 4) is 11.5 Å². The monoisotopic (exact) mass is 321 g/mol. The molecule has 0 aromatic heterocycles. The predicted octanol–water partition coefficient (Wildman–Crippen LogP) is 2.07. The molecular formula is C16H19NO4S. The van der Waals surface area contributed by atoms with Crippen LogP contribution in [0.4, 0.5) is 0 Å². The van der Waals surface area contributed by atoms with E-state index in [2.05, 4.69) is 5.32 Å². The van der Waals surface area contributed by atoms with Gasteiger partial charge in [0.25, 0.3) is 0 Å². The molecule has 1 N–H and O–H groups in total. The lowest BCUT2D eigenvalue weighted by Gasteiger charge is -2.26. The van der Waals surface area contributed by atoms with Gasteiger partial charge in [-0.1, -0.05) is 6.07 Å². The van der Waals surface area contributed by atoms with E-state index in [9.17, 15) is 4.79 Å². The van der Waals surface area contributed by atoms with Crippen molar-refractivity contribution in [2.24, 2.45) is 0 Å². The average Bonchev–Trinajstić information content (AvgIpc) is 3.20. The summed E-state index contributed by atoms with van der Waals surface area (Å²) in [5.41, 5.74) is 0.685. The van der Waals surface area contributed by atoms with Crippen LogP contribution in [0.5, 0.6) is 11.5 Å². The third-order valence-electron chi connectivity index (χ3n) is 3.91. The van der Waals surface area contributed by atoms with Gasteiger partial charge in [-0.3, -0.25) is 4.79 Å². The first-order valence-corrected chi connectivity index (χ1v) is 8.35. The maximum absolute atomic E-state index is 11.9. The van der Waals surface area contributed by atoms with E-state index in [1.807, 2.05) is 30.0 Å². The standard InChI is InChI=1S/C16H19NO4S/c1-19-16(6-7-22-10-16)9-17-15(18)5-3-12-2-4-13-14(8-12)21-11-20-13/h2-5,8H,6-7,9-11H2,1H3,(H,17,18)/b5-3+. The van der Waals surface area contributed by atoms with Gasteiger partial charge in [0.2, 0.25) is 12.7 Å². The molecule has 3 rings (SSSR count). The van der Waals surface area contributed by atoms with Gasteiger partial charge in [-0.25, -0.2) is 0 Å². The molecule has 1 saturated heterocycles. The van der Waals surface area contributed by atoms with E-state index in [1.54, 1.807) is 13.2 Å². The third-order valence-corrected chi connectivity index (χ3v) is 5.13. The van der Waals surface area contributed by atoms with E-state index in [0.29, 0.717) is 12.3 Å². The van der Waals surface area contributed by atoms with Gasteiger partial charge in [0, 0.05) is 25.5 Å². The molecule has 1 amide bonds. The van der Waals surface area contributed by atoms with Crippen LogP contribution in [-0.2, 0) is 9.53 Å². The van der Waals surface area contributed by atoms with Gasteiger partial charge in [0.05, 0.1) is 5.60 Å². The molecule has 0 bridgehead atoms. The number of hydrogen-bond donors (Lipinski definition) is 1. The minimum atomic E-state index is -0.215. The number of amides is 1. The highest BCUT2D eigenvalue weighted by molar-refractivity contribution is 7.99. The summed E-state index contributed by atoms with van der Waals surface area (Å²) < 4.78 is 16.1. The molecule has 1 aromatic carbocycles. The zero-order valence-corrected chi connectivity index (χ0v) is 13.3. The smallest absolute Gasteiger partial charge is 0.244 e. The maximum Gasteiger partial charge on any atom is 0.244 e. The molecule has 0 aliphatic carbocycles. The van der Waals surface area contributed by atoms with Crippen molar-refractivity contribution < 1.29 is 19.0 Å². The number of methoxy groups -OCH3 is 1. The summed E-state index contributed by atoms with van der Waals surface area (Å²) >= 11 is 1.86. The Labute approximate surface area is 134 Å². The van der Waals surface area contributed by atoms with E-state index in [-0.39, 0.29) is 18.3 Å². The van der Waals surface area contributed by atoms with Crippen molar-refractivity contribution in [2.45, 2.75) is 12.0 Å². The van der Waals surface area contributed by atoms with Crippen LogP contribution in [0.25, 0.3) is 6.08 Å². The van der Waals surface area contributed by atoms with Gasteiger partial charge >= 0.3 is 0 Å². The van der Waals surface area contributed by atoms with Crippen LogP contribution in [0.3, 0.4) is 0 Å². The number of thioether (sulfide) groups is 1. The Kier molecular flexibility index (Phi) is 4.59. The third kappa shape index (κ3) is 3.39. The first-order chi connectivity index (χ1) is 10.7. The van der Waals surface area contributed by atoms with Gasteiger partial charge in [-0.2, -0.15) is 11.8 Å². The lowest BCUT2D eigenvalue weighted by Crippen LogP contribution is -2.44. The number of carbonyl (C=O) groups is 1. The maximum atomic E-state index is 11.9. The van der Waals surface area contributed by atoms with E-state index >= 15 is 0 Å². The quantitative estimate of drug-likeness (QED) is 0.842. The molecule has 0 radical (unpaired) electrons. The van der Waals surface area contributed by atoms with Crippen LogP contribution in [0.2, 0.25) is 0 Å². The minimum Gasteiger partial charge on any atom is -0.454 e. The molecule has 0 spiro atoms. The second-order valence-electron chi connectivity index (χ2n) is 5.35. The molecule has 2 aliphatic heterocycles. The molecule has 1 fully saturated rings. The SMILES string of the molecule is COC1(CNC(=O)/C=C/c2ccc3c(c2)OCO3)CCSC1. The summed E-state index contributed by atoms with van der Waals surface area (Å²) in [7, 11) is 1.71. The fourth-order valence-electron chi connectivity index (χ4n) is 2.46. The Balaban J connectivity index is 1.55. The number of fused-ring (bicyclic) bond motifs is 1. The summed E-state index contributed by atoms with van der Waals surface area (Å²) in [6.45, 7) is 0.793. The highest BCUT2D eigenvalue weighted by Gasteiger charge is 2.34. The Morgan fingerprint density at radius 2 is 2.32 bits per heavy atom. The van der Waals surface area contributed by atoms with Gasteiger partial charge < -0.3 is 19.5 Å². The van der Waals surface area contributed by atoms with Crippen LogP contribution in [0, 0.1) is 0 Å². The molecule has 5 nitrogen and oxygen atoms in total. The van der Waals surface area contributed by atoms with Crippen molar-refractivity contribution in [1.82, 2.24) is 5.32 Å². The number of carbonyl (C=O) groups excluding carboxylic acids is 1. The Hall–Kier alpha value is -1.66. The molecule has 2 heterocycles. The molecule has 118 valence electrons. The topological polar surface area (TPSA) is 56.8 Å². The summed E-state index contributed by atoms with van der Waals surface area (Å²) in [4.78, 5) is 11.9. The van der Waals surface area contributed by atoms with Gasteiger partial charge in [-0.15, -0.1) is 0 Å². The van der Waals surface area contributed by atoms with Gasteiger partial charge in [0.15, 0.2) is 11.5 Å². The summed E-state index contributed by atoms with van der Waals surface area (Å²) in [5, 5.41) is 2.92. The molecule has 1 atom stereocenters. The lowest BCUT2D eigenvalue weighted by molar-refractivity contribution is -0.117. The normalized spacial score (nSPS) is 23.1. The molecular weight excluding hydrogens is 302 g/mol. The van der Waals surface area contributed by atoms with Crippen molar-refractivity contribution in [2.75, 3.05) is 32.0 Å². The largest absolute Gasteiger partial charge is 0.454 e. The fraction of sp³-hybridized carbons (Fsp3) is 0.438. The minimum absolute atomic E-state index is 0.119. The zero-order valence-electron chi connectivity index (χ0n) is 12.5. The number of benzene rings is 1. The second-order valence-corrected chi connectivity index (χ2v) is 6.46. The molecule has 1 unspecified atom stereocenters. The molecule has 22 heavy (non-hydrogen) atoms. The van der Waals surface area contributed by atoms with Crippen molar-refractivity contribution in [3.63, 3.8) is 0 Å². The van der Waals surface area contributed by atoms with E-state index in [1.165, 1.54) is 6.08 Å². The predicted molar refractivity (Wildman–Crippen MR) is 86.3 cm³/mol. The molecule has 2 aliphatic rings. The first-order valence-electron chi connectivity index (χ1n) is 7.19. The summed E-state index contributed by atoms with van der Waals surface area (Å²) in [5.74, 6) is 3.34. The number of nitrogens with one attached hydrogen (secondary N) is 1. The second kappa shape index (κ2) is 6.62. The summed E-state index contributed by atoms with van der Waals surface area (Å²) in [6, 6.07) is 5.59. The van der Waals surface area contributed by atoms with Crippen LogP contribution >= 0.6 is 11.8 Å².